The van der Waals surface area contributed by atoms with Gasteiger partial charge in [-0.25, -0.2) is 0 Å². The molecule has 0 unspecified atom stereocenters. The van der Waals surface area contributed by atoms with Crippen molar-refractivity contribution in [1.82, 2.24) is 0 Å². The fraction of sp³-hybridized carbons (Fsp3) is 0.367. The van der Waals surface area contributed by atoms with Crippen molar-refractivity contribution in [2.75, 3.05) is 19.5 Å². The molecule has 1 amide bonds. The molecule has 188 valence electrons. The highest BCUT2D eigenvalue weighted by Crippen LogP contribution is 2.38. The van der Waals surface area contributed by atoms with Crippen molar-refractivity contribution in [3.05, 3.63) is 65.2 Å². The normalized spacial score (nSPS) is 13.4. The summed E-state index contributed by atoms with van der Waals surface area (Å²) in [7, 11) is 3.03. The van der Waals surface area contributed by atoms with E-state index in [1.54, 1.807) is 31.4 Å². The molecule has 3 aromatic rings. The van der Waals surface area contributed by atoms with Crippen LogP contribution in [-0.4, -0.2) is 31.7 Å². The van der Waals surface area contributed by atoms with E-state index < -0.39 is 11.7 Å². The Bertz CT molecular complexity index is 1330. The van der Waals surface area contributed by atoms with Gasteiger partial charge in [0.15, 0.2) is 11.5 Å². The van der Waals surface area contributed by atoms with Gasteiger partial charge in [0.1, 0.15) is 5.75 Å². The maximum atomic E-state index is 13.3. The number of fused-ring (bicyclic) bond motifs is 1. The summed E-state index contributed by atoms with van der Waals surface area (Å²) >= 11 is 0. The van der Waals surface area contributed by atoms with Crippen LogP contribution in [0.3, 0.4) is 0 Å². The number of nitrogens with one attached hydrogen (secondary N) is 1. The molecule has 0 aromatic heterocycles. The Morgan fingerprint density at radius 2 is 1.61 bits per heavy atom. The second-order valence-corrected chi connectivity index (χ2v) is 10.4. The standard InChI is InChI=1S/C30H33NO5/c1-30(2,3)19-16-23(25(32)14-12-18-10-11-18)28(36-5)24(17-19)31-29(34)27(33)22-13-15-26(35-4)21-9-7-6-8-20(21)22/h6-9,13,15-18H,10-12,14H2,1-5H3,(H,31,34). The maximum Gasteiger partial charge on any atom is 0.296 e. The topological polar surface area (TPSA) is 81.7 Å². The van der Waals surface area contributed by atoms with Gasteiger partial charge >= 0.3 is 0 Å². The van der Waals surface area contributed by atoms with Gasteiger partial charge in [0.25, 0.3) is 11.7 Å². The molecule has 3 aromatic carbocycles. The van der Waals surface area contributed by atoms with Crippen molar-refractivity contribution in [3.63, 3.8) is 0 Å². The SMILES string of the molecule is COc1c(NC(=O)C(=O)c2ccc(OC)c3ccccc23)cc(C(C)(C)C)cc1C(=O)CCC1CC1. The molecule has 0 bridgehead atoms. The number of anilines is 1. The van der Waals surface area contributed by atoms with E-state index in [9.17, 15) is 14.4 Å². The zero-order valence-electron chi connectivity index (χ0n) is 21.6. The molecule has 1 aliphatic carbocycles. The predicted octanol–water partition coefficient (Wildman–Crippen LogP) is 6.35. The number of amides is 1. The van der Waals surface area contributed by atoms with Crippen LogP contribution in [0.1, 0.15) is 72.7 Å². The molecular weight excluding hydrogens is 454 g/mol. The average molecular weight is 488 g/mol. The fourth-order valence-corrected chi connectivity index (χ4v) is 4.41. The summed E-state index contributed by atoms with van der Waals surface area (Å²) in [6.45, 7) is 6.11. The first-order chi connectivity index (χ1) is 17.1. The Balaban J connectivity index is 1.70. The summed E-state index contributed by atoms with van der Waals surface area (Å²) in [6.07, 6.45) is 3.64. The van der Waals surface area contributed by atoms with E-state index in [0.29, 0.717) is 34.7 Å². The highest BCUT2D eigenvalue weighted by atomic mass is 16.5. The minimum atomic E-state index is -0.800. The smallest absolute Gasteiger partial charge is 0.296 e. The number of ketones is 2. The zero-order chi connectivity index (χ0) is 26.0. The molecule has 1 saturated carbocycles. The molecule has 6 heteroatoms. The van der Waals surface area contributed by atoms with Gasteiger partial charge in [-0.3, -0.25) is 14.4 Å². The summed E-state index contributed by atoms with van der Waals surface area (Å²) in [5, 5.41) is 4.11. The van der Waals surface area contributed by atoms with Crippen LogP contribution in [0, 0.1) is 5.92 Å². The van der Waals surface area contributed by atoms with Gasteiger partial charge in [-0.15, -0.1) is 0 Å². The van der Waals surface area contributed by atoms with Gasteiger partial charge in [-0.1, -0.05) is 57.9 Å². The van der Waals surface area contributed by atoms with Crippen molar-refractivity contribution >= 4 is 33.9 Å². The molecule has 0 heterocycles. The monoisotopic (exact) mass is 487 g/mol. The molecule has 1 fully saturated rings. The second kappa shape index (κ2) is 10.1. The van der Waals surface area contributed by atoms with Gasteiger partial charge < -0.3 is 14.8 Å². The van der Waals surface area contributed by atoms with E-state index in [2.05, 4.69) is 5.32 Å². The van der Waals surface area contributed by atoms with E-state index in [-0.39, 0.29) is 22.5 Å². The number of hydrogen-bond acceptors (Lipinski definition) is 5. The lowest BCUT2D eigenvalue weighted by molar-refractivity contribution is -0.112. The molecule has 0 saturated heterocycles. The Morgan fingerprint density at radius 1 is 0.917 bits per heavy atom. The lowest BCUT2D eigenvalue weighted by Crippen LogP contribution is -2.24. The summed E-state index contributed by atoms with van der Waals surface area (Å²) in [5.74, 6) is 0.0282. The molecule has 0 atom stereocenters. The van der Waals surface area contributed by atoms with E-state index >= 15 is 0 Å². The molecule has 0 spiro atoms. The molecule has 0 aliphatic heterocycles. The Labute approximate surface area is 212 Å². The summed E-state index contributed by atoms with van der Waals surface area (Å²) in [5.41, 5.74) is 1.61. The third kappa shape index (κ3) is 5.27. The number of rotatable bonds is 9. The number of ether oxygens (including phenoxy) is 2. The number of methoxy groups -OCH3 is 2. The summed E-state index contributed by atoms with van der Waals surface area (Å²) in [6, 6.07) is 14.2. The quantitative estimate of drug-likeness (QED) is 0.281. The third-order valence-electron chi connectivity index (χ3n) is 6.74. The molecule has 6 nitrogen and oxygen atoms in total. The molecule has 1 aliphatic rings. The lowest BCUT2D eigenvalue weighted by Gasteiger charge is -2.23. The first kappa shape index (κ1) is 25.4. The van der Waals surface area contributed by atoms with Crippen molar-refractivity contribution in [1.29, 1.82) is 0 Å². The molecular formula is C30H33NO5. The maximum absolute atomic E-state index is 13.3. The van der Waals surface area contributed by atoms with Crippen LogP contribution in [0.15, 0.2) is 48.5 Å². The first-order valence-corrected chi connectivity index (χ1v) is 12.3. The zero-order valence-corrected chi connectivity index (χ0v) is 21.6. The summed E-state index contributed by atoms with van der Waals surface area (Å²) in [4.78, 5) is 39.7. The van der Waals surface area contributed by atoms with Gasteiger partial charge in [0, 0.05) is 17.4 Å². The molecule has 1 N–H and O–H groups in total. The average Bonchev–Trinajstić information content (AvgIpc) is 3.69. The van der Waals surface area contributed by atoms with Gasteiger partial charge in [-0.2, -0.15) is 0 Å². The van der Waals surface area contributed by atoms with Crippen LogP contribution < -0.4 is 14.8 Å². The Morgan fingerprint density at radius 3 is 2.22 bits per heavy atom. The fourth-order valence-electron chi connectivity index (χ4n) is 4.41. The van der Waals surface area contributed by atoms with Crippen LogP contribution in [0.4, 0.5) is 5.69 Å². The largest absolute Gasteiger partial charge is 0.496 e. The highest BCUT2D eigenvalue weighted by Gasteiger charge is 2.28. The first-order valence-electron chi connectivity index (χ1n) is 12.3. The van der Waals surface area contributed by atoms with Crippen LogP contribution >= 0.6 is 0 Å². The van der Waals surface area contributed by atoms with E-state index in [1.807, 2.05) is 45.0 Å². The van der Waals surface area contributed by atoms with E-state index in [0.717, 1.165) is 17.4 Å². The minimum Gasteiger partial charge on any atom is -0.496 e. The van der Waals surface area contributed by atoms with Crippen molar-refractivity contribution in [2.45, 2.75) is 51.9 Å². The highest BCUT2D eigenvalue weighted by molar-refractivity contribution is 6.48. The van der Waals surface area contributed by atoms with E-state index in [1.165, 1.54) is 20.0 Å². The van der Waals surface area contributed by atoms with Gasteiger partial charge in [0.05, 0.1) is 25.5 Å². The number of benzene rings is 3. The van der Waals surface area contributed by atoms with Crippen molar-refractivity contribution in [3.8, 4) is 11.5 Å². The Kier molecular flexibility index (Phi) is 7.16. The van der Waals surface area contributed by atoms with E-state index in [4.69, 9.17) is 9.47 Å². The van der Waals surface area contributed by atoms with Crippen LogP contribution in [-0.2, 0) is 10.2 Å². The number of carbonyl (C=O) groups is 3. The van der Waals surface area contributed by atoms with Gasteiger partial charge in [0.2, 0.25) is 0 Å². The summed E-state index contributed by atoms with van der Waals surface area (Å²) < 4.78 is 11.0. The van der Waals surface area contributed by atoms with Crippen LogP contribution in [0.25, 0.3) is 10.8 Å². The number of Topliss-reactive ketones (excluding diaryl/α,β-unsaturated/α-hetero) is 2. The van der Waals surface area contributed by atoms with Crippen molar-refractivity contribution < 1.29 is 23.9 Å². The number of hydrogen-bond donors (Lipinski definition) is 1. The van der Waals surface area contributed by atoms with Crippen molar-refractivity contribution in [2.24, 2.45) is 5.92 Å². The van der Waals surface area contributed by atoms with Gasteiger partial charge in [-0.05, 0) is 53.0 Å². The van der Waals surface area contributed by atoms with Crippen LogP contribution in [0.2, 0.25) is 0 Å². The third-order valence-corrected chi connectivity index (χ3v) is 6.74. The lowest BCUT2D eigenvalue weighted by atomic mass is 9.84. The van der Waals surface area contributed by atoms with Crippen LogP contribution in [0.5, 0.6) is 11.5 Å². The molecule has 4 rings (SSSR count). The minimum absolute atomic E-state index is 0.0205. The molecule has 36 heavy (non-hydrogen) atoms. The molecule has 0 radical (unpaired) electrons. The second-order valence-electron chi connectivity index (χ2n) is 10.4. The predicted molar refractivity (Wildman–Crippen MR) is 141 cm³/mol. The number of carbonyl (C=O) groups excluding carboxylic acids is 3. The Hall–Kier alpha value is -3.67.